The summed E-state index contributed by atoms with van der Waals surface area (Å²) < 4.78 is 0. The molecule has 1 aliphatic rings. The van der Waals surface area contributed by atoms with E-state index in [0.29, 0.717) is 34.8 Å². The number of halogens is 1. The molecule has 7 heteroatoms. The van der Waals surface area contributed by atoms with Crippen LogP contribution in [0.15, 0.2) is 66.7 Å². The van der Waals surface area contributed by atoms with E-state index in [9.17, 15) is 14.4 Å². The van der Waals surface area contributed by atoms with Crippen molar-refractivity contribution in [3.8, 4) is 0 Å². The monoisotopic (exact) mass is 475 g/mol. The Kier molecular flexibility index (Phi) is 6.98. The second-order valence-corrected chi connectivity index (χ2v) is 8.95. The van der Waals surface area contributed by atoms with Gasteiger partial charge in [-0.25, -0.2) is 0 Å². The van der Waals surface area contributed by atoms with Crippen molar-refractivity contribution in [2.45, 2.75) is 25.7 Å². The molecule has 0 radical (unpaired) electrons. The zero-order chi connectivity index (χ0) is 24.2. The van der Waals surface area contributed by atoms with E-state index >= 15 is 0 Å². The number of amides is 2. The molecule has 0 fully saturated rings. The Bertz CT molecular complexity index is 1260. The van der Waals surface area contributed by atoms with Gasteiger partial charge in [-0.05, 0) is 60.9 Å². The molecule has 174 valence electrons. The quantitative estimate of drug-likeness (QED) is 0.428. The van der Waals surface area contributed by atoms with Crippen molar-refractivity contribution < 1.29 is 14.4 Å². The van der Waals surface area contributed by atoms with Crippen LogP contribution in [0.4, 0.5) is 11.4 Å². The van der Waals surface area contributed by atoms with Crippen LogP contribution in [0.25, 0.3) is 0 Å². The van der Waals surface area contributed by atoms with Crippen LogP contribution in [0.2, 0.25) is 5.02 Å². The first-order chi connectivity index (χ1) is 16.3. The van der Waals surface area contributed by atoms with Crippen molar-refractivity contribution in [1.29, 1.82) is 0 Å². The molecule has 2 unspecified atom stereocenters. The number of anilines is 2. The van der Waals surface area contributed by atoms with E-state index in [1.807, 2.05) is 25.1 Å². The summed E-state index contributed by atoms with van der Waals surface area (Å²) in [6.07, 6.45) is 0.520. The van der Waals surface area contributed by atoms with Gasteiger partial charge in [0.05, 0.1) is 5.69 Å². The van der Waals surface area contributed by atoms with Crippen molar-refractivity contribution in [2.75, 3.05) is 17.2 Å². The maximum atomic E-state index is 13.9. The number of ketones is 1. The number of nitrogens with two attached hydrogens (primary N) is 1. The number of nitrogens with one attached hydrogen (secondary N) is 2. The molecule has 4 rings (SSSR count). The minimum absolute atomic E-state index is 0.0170. The number of carbonyl (C=O) groups is 3. The molecule has 0 bridgehead atoms. The Labute approximate surface area is 203 Å². The first kappa shape index (κ1) is 23.5. The maximum Gasteiger partial charge on any atom is 0.255 e. The van der Waals surface area contributed by atoms with Gasteiger partial charge < -0.3 is 16.4 Å². The van der Waals surface area contributed by atoms with Crippen molar-refractivity contribution in [1.82, 2.24) is 0 Å². The molecule has 2 atom stereocenters. The summed E-state index contributed by atoms with van der Waals surface area (Å²) in [5.74, 6) is -1.88. The predicted octanol–water partition coefficient (Wildman–Crippen LogP) is 5.17. The average molecular weight is 476 g/mol. The molecule has 0 aromatic heterocycles. The lowest BCUT2D eigenvalue weighted by atomic mass is 9.77. The fraction of sp³-hybridized carbons (Fsp3) is 0.222. The summed E-state index contributed by atoms with van der Waals surface area (Å²) in [7, 11) is 0. The molecule has 3 aromatic carbocycles. The zero-order valence-corrected chi connectivity index (χ0v) is 19.6. The fourth-order valence-electron chi connectivity index (χ4n) is 4.59. The van der Waals surface area contributed by atoms with Crippen molar-refractivity contribution in [3.63, 3.8) is 0 Å². The molecule has 0 aliphatic carbocycles. The van der Waals surface area contributed by atoms with Gasteiger partial charge in [-0.3, -0.25) is 14.4 Å². The van der Waals surface area contributed by atoms with Crippen LogP contribution in [0, 0.1) is 12.8 Å². The van der Waals surface area contributed by atoms with Crippen LogP contribution < -0.4 is 16.4 Å². The molecule has 1 heterocycles. The summed E-state index contributed by atoms with van der Waals surface area (Å²) in [4.78, 5) is 38.8. The van der Waals surface area contributed by atoms with Gasteiger partial charge in [0.2, 0.25) is 5.91 Å². The second-order valence-electron chi connectivity index (χ2n) is 8.51. The highest BCUT2D eigenvalue weighted by Crippen LogP contribution is 2.41. The van der Waals surface area contributed by atoms with E-state index in [4.69, 9.17) is 17.3 Å². The minimum atomic E-state index is -0.517. The van der Waals surface area contributed by atoms with E-state index in [0.717, 1.165) is 16.8 Å². The number of rotatable bonds is 6. The molecular formula is C27H26ClN3O3. The predicted molar refractivity (Wildman–Crippen MR) is 135 cm³/mol. The number of benzene rings is 3. The SMILES string of the molecule is Cc1ccccc1C(=O)Nc1ccccc1C(=O)C1CCNc2ccc(Cl)cc2C1CC(N)=O. The van der Waals surface area contributed by atoms with E-state index in [1.165, 1.54) is 0 Å². The van der Waals surface area contributed by atoms with Gasteiger partial charge in [-0.1, -0.05) is 41.9 Å². The van der Waals surface area contributed by atoms with Gasteiger partial charge in [-0.2, -0.15) is 0 Å². The second kappa shape index (κ2) is 10.1. The van der Waals surface area contributed by atoms with Gasteiger partial charge in [0.25, 0.3) is 5.91 Å². The lowest BCUT2D eigenvalue weighted by Gasteiger charge is -2.25. The number of Topliss-reactive ketones (excluding diaryl/α,β-unsaturated/α-hetero) is 1. The third kappa shape index (κ3) is 4.97. The van der Waals surface area contributed by atoms with Crippen molar-refractivity contribution >= 4 is 40.6 Å². The van der Waals surface area contributed by atoms with Gasteiger partial charge in [0, 0.05) is 46.6 Å². The third-order valence-corrected chi connectivity index (χ3v) is 6.49. The Morgan fingerprint density at radius 3 is 2.47 bits per heavy atom. The number of hydrogen-bond donors (Lipinski definition) is 3. The van der Waals surface area contributed by atoms with E-state index in [-0.39, 0.29) is 18.1 Å². The van der Waals surface area contributed by atoms with Crippen molar-refractivity contribution in [2.24, 2.45) is 11.7 Å². The first-order valence-electron chi connectivity index (χ1n) is 11.2. The minimum Gasteiger partial charge on any atom is -0.385 e. The molecule has 1 aliphatic heterocycles. The largest absolute Gasteiger partial charge is 0.385 e. The standard InChI is InChI=1S/C27H26ClN3O3/c1-16-6-2-3-7-18(16)27(34)31-24-9-5-4-8-20(24)26(33)19-12-13-30-23-11-10-17(28)14-22(23)21(19)15-25(29)32/h2-11,14,19,21,30H,12-13,15H2,1H3,(H2,29,32)(H,31,34). The summed E-state index contributed by atoms with van der Waals surface area (Å²) in [6.45, 7) is 2.42. The highest BCUT2D eigenvalue weighted by atomic mass is 35.5. The number of aryl methyl sites for hydroxylation is 1. The van der Waals surface area contributed by atoms with Gasteiger partial charge in [-0.15, -0.1) is 0 Å². The van der Waals surface area contributed by atoms with Crippen LogP contribution in [0.1, 0.15) is 50.6 Å². The van der Waals surface area contributed by atoms with Gasteiger partial charge in [0.15, 0.2) is 5.78 Å². The first-order valence-corrected chi connectivity index (χ1v) is 11.5. The molecule has 0 saturated heterocycles. The number of fused-ring (bicyclic) bond motifs is 1. The lowest BCUT2D eigenvalue weighted by Crippen LogP contribution is -2.28. The molecule has 2 amide bonds. The Morgan fingerprint density at radius 1 is 1.03 bits per heavy atom. The molecule has 34 heavy (non-hydrogen) atoms. The van der Waals surface area contributed by atoms with Crippen LogP contribution >= 0.6 is 11.6 Å². The Morgan fingerprint density at radius 2 is 1.74 bits per heavy atom. The van der Waals surface area contributed by atoms with Crippen LogP contribution in [0.5, 0.6) is 0 Å². The van der Waals surface area contributed by atoms with E-state index in [2.05, 4.69) is 10.6 Å². The van der Waals surface area contributed by atoms with Crippen LogP contribution in [-0.2, 0) is 4.79 Å². The van der Waals surface area contributed by atoms with Crippen molar-refractivity contribution in [3.05, 3.63) is 94.0 Å². The topological polar surface area (TPSA) is 101 Å². The number of para-hydroxylation sites is 1. The molecule has 0 saturated carbocycles. The Balaban J connectivity index is 1.70. The number of carbonyl (C=O) groups excluding carboxylic acids is 3. The highest BCUT2D eigenvalue weighted by molar-refractivity contribution is 6.30. The van der Waals surface area contributed by atoms with Crippen LogP contribution in [0.3, 0.4) is 0 Å². The smallest absolute Gasteiger partial charge is 0.255 e. The fourth-order valence-corrected chi connectivity index (χ4v) is 4.77. The van der Waals surface area contributed by atoms with Gasteiger partial charge in [0.1, 0.15) is 0 Å². The van der Waals surface area contributed by atoms with E-state index < -0.39 is 17.7 Å². The molecular weight excluding hydrogens is 450 g/mol. The van der Waals surface area contributed by atoms with E-state index in [1.54, 1.807) is 48.5 Å². The number of primary amides is 1. The normalized spacial score (nSPS) is 17.1. The summed E-state index contributed by atoms with van der Waals surface area (Å²) in [6, 6.07) is 19.6. The molecule has 6 nitrogen and oxygen atoms in total. The zero-order valence-electron chi connectivity index (χ0n) is 18.8. The highest BCUT2D eigenvalue weighted by Gasteiger charge is 2.35. The molecule has 3 aromatic rings. The van der Waals surface area contributed by atoms with Crippen LogP contribution in [-0.4, -0.2) is 24.1 Å². The Hall–Kier alpha value is -3.64. The summed E-state index contributed by atoms with van der Waals surface area (Å²) in [5.41, 5.74) is 9.43. The lowest BCUT2D eigenvalue weighted by molar-refractivity contribution is -0.118. The summed E-state index contributed by atoms with van der Waals surface area (Å²) in [5, 5.41) is 6.75. The number of hydrogen-bond acceptors (Lipinski definition) is 4. The molecule has 0 spiro atoms. The third-order valence-electron chi connectivity index (χ3n) is 6.26. The average Bonchev–Trinajstić information content (AvgIpc) is 2.98. The maximum absolute atomic E-state index is 13.9. The summed E-state index contributed by atoms with van der Waals surface area (Å²) >= 11 is 6.25. The van der Waals surface area contributed by atoms with Gasteiger partial charge >= 0.3 is 0 Å². The molecule has 4 N–H and O–H groups in total.